The van der Waals surface area contributed by atoms with Gasteiger partial charge < -0.3 is 10.1 Å². The summed E-state index contributed by atoms with van der Waals surface area (Å²) in [5.74, 6) is -1.39. The van der Waals surface area contributed by atoms with E-state index in [9.17, 15) is 18.0 Å². The van der Waals surface area contributed by atoms with Gasteiger partial charge in [0, 0.05) is 12.6 Å². The second-order valence-electron chi connectivity index (χ2n) is 10.2. The van der Waals surface area contributed by atoms with Crippen molar-refractivity contribution in [1.82, 2.24) is 4.31 Å². The Morgan fingerprint density at radius 3 is 2.76 bits per heavy atom. The third-order valence-electron chi connectivity index (χ3n) is 6.42. The quantitative estimate of drug-likeness (QED) is 0.598. The van der Waals surface area contributed by atoms with Crippen LogP contribution in [0.3, 0.4) is 0 Å². The molecule has 2 bridgehead atoms. The van der Waals surface area contributed by atoms with Gasteiger partial charge in [0.05, 0.1) is 16.0 Å². The SMILES string of the molecule is CC1(C)C[C@@H]2C[C@](C)(CN2S(=O)(=O)c2cccc(C(=O)OCC(=O)Nc3sccc3C#N)c2)C1. The number of nitrogens with one attached hydrogen (secondary N) is 1. The van der Waals surface area contributed by atoms with Crippen molar-refractivity contribution in [1.29, 1.82) is 5.26 Å². The first-order chi connectivity index (χ1) is 15.9. The molecule has 10 heteroatoms. The predicted molar refractivity (Wildman–Crippen MR) is 128 cm³/mol. The molecule has 0 unspecified atom stereocenters. The van der Waals surface area contributed by atoms with Gasteiger partial charge in [0.2, 0.25) is 10.0 Å². The van der Waals surface area contributed by atoms with E-state index in [0.717, 1.165) is 19.3 Å². The first-order valence-electron chi connectivity index (χ1n) is 11.0. The Kier molecular flexibility index (Phi) is 6.31. The molecule has 1 aromatic carbocycles. The molecule has 2 atom stereocenters. The standard InChI is InChI=1S/C24H27N3O5S2/c1-23(2)10-18-11-24(3,14-23)15-27(18)34(30,31)19-6-4-5-16(9-19)22(29)32-13-20(28)26-21-17(12-25)7-8-33-21/h4-9,18H,10-11,13-15H2,1-3H3,(H,26,28)/t18-,24+/m1/s1. The van der Waals surface area contributed by atoms with Gasteiger partial charge in [-0.2, -0.15) is 9.57 Å². The van der Waals surface area contributed by atoms with Crippen molar-refractivity contribution in [2.75, 3.05) is 18.5 Å². The molecule has 180 valence electrons. The minimum atomic E-state index is -3.79. The minimum Gasteiger partial charge on any atom is -0.452 e. The van der Waals surface area contributed by atoms with Gasteiger partial charge in [-0.15, -0.1) is 11.3 Å². The smallest absolute Gasteiger partial charge is 0.338 e. The molecule has 2 aromatic rings. The highest BCUT2D eigenvalue weighted by Gasteiger charge is 2.53. The molecule has 1 aliphatic heterocycles. The van der Waals surface area contributed by atoms with Crippen LogP contribution < -0.4 is 5.32 Å². The third kappa shape index (κ3) is 4.87. The summed E-state index contributed by atoms with van der Waals surface area (Å²) >= 11 is 1.19. The lowest BCUT2D eigenvalue weighted by Crippen LogP contribution is -2.37. The summed E-state index contributed by atoms with van der Waals surface area (Å²) < 4.78 is 33.7. The number of amides is 1. The lowest BCUT2D eigenvalue weighted by atomic mass is 9.65. The van der Waals surface area contributed by atoms with Gasteiger partial charge in [0.25, 0.3) is 5.91 Å². The number of anilines is 1. The van der Waals surface area contributed by atoms with E-state index in [4.69, 9.17) is 10.00 Å². The maximum absolute atomic E-state index is 13.5. The zero-order valence-corrected chi connectivity index (χ0v) is 21.0. The van der Waals surface area contributed by atoms with E-state index in [1.807, 2.05) is 6.07 Å². The predicted octanol–water partition coefficient (Wildman–Crippen LogP) is 4.00. The number of sulfonamides is 1. The zero-order chi connectivity index (χ0) is 24.7. The molecule has 2 aliphatic rings. The van der Waals surface area contributed by atoms with Crippen molar-refractivity contribution in [2.45, 2.75) is 51.0 Å². The summed E-state index contributed by atoms with van der Waals surface area (Å²) in [5, 5.41) is 13.6. The van der Waals surface area contributed by atoms with Crippen LogP contribution in [0.1, 0.15) is 56.0 Å². The summed E-state index contributed by atoms with van der Waals surface area (Å²) in [6.07, 6.45) is 2.61. The highest BCUT2D eigenvalue weighted by molar-refractivity contribution is 7.89. The van der Waals surface area contributed by atoms with E-state index in [0.29, 0.717) is 17.1 Å². The summed E-state index contributed by atoms with van der Waals surface area (Å²) in [4.78, 5) is 24.7. The van der Waals surface area contributed by atoms with Gasteiger partial charge >= 0.3 is 5.97 Å². The average Bonchev–Trinajstić information content (AvgIpc) is 3.32. The Hall–Kier alpha value is -2.74. The van der Waals surface area contributed by atoms with Crippen LogP contribution in [0.15, 0.2) is 40.6 Å². The molecule has 1 amide bonds. The van der Waals surface area contributed by atoms with Crippen molar-refractivity contribution < 1.29 is 22.7 Å². The number of thiophene rings is 1. The molecule has 2 heterocycles. The molecule has 1 aromatic heterocycles. The number of ether oxygens (including phenoxy) is 1. The molecule has 4 rings (SSSR count). The fourth-order valence-corrected chi connectivity index (χ4v) is 8.05. The van der Waals surface area contributed by atoms with E-state index in [1.54, 1.807) is 15.8 Å². The maximum Gasteiger partial charge on any atom is 0.338 e. The highest BCUT2D eigenvalue weighted by atomic mass is 32.2. The van der Waals surface area contributed by atoms with Gasteiger partial charge in [-0.05, 0) is 59.7 Å². The minimum absolute atomic E-state index is 0.0394. The van der Waals surface area contributed by atoms with Crippen LogP contribution in [-0.2, 0) is 19.6 Å². The fourth-order valence-electron chi connectivity index (χ4n) is 5.48. The lowest BCUT2D eigenvalue weighted by molar-refractivity contribution is -0.119. The molecule has 1 saturated heterocycles. The second-order valence-corrected chi connectivity index (χ2v) is 13.0. The Bertz CT molecular complexity index is 1280. The van der Waals surface area contributed by atoms with Gasteiger partial charge in [-0.1, -0.05) is 26.8 Å². The van der Waals surface area contributed by atoms with Gasteiger partial charge in [-0.25, -0.2) is 13.2 Å². The van der Waals surface area contributed by atoms with Crippen LogP contribution in [0.25, 0.3) is 0 Å². The number of hydrogen-bond donors (Lipinski definition) is 1. The Morgan fingerprint density at radius 1 is 1.26 bits per heavy atom. The van der Waals surface area contributed by atoms with Crippen LogP contribution in [-0.4, -0.2) is 43.8 Å². The number of fused-ring (bicyclic) bond motifs is 2. The van der Waals surface area contributed by atoms with Gasteiger partial charge in [0.15, 0.2) is 6.61 Å². The van der Waals surface area contributed by atoms with Gasteiger partial charge in [-0.3, -0.25) is 4.79 Å². The molecule has 0 radical (unpaired) electrons. The molecule has 1 aliphatic carbocycles. The van der Waals surface area contributed by atoms with E-state index >= 15 is 0 Å². The van der Waals surface area contributed by atoms with Crippen LogP contribution in [0.2, 0.25) is 0 Å². The van der Waals surface area contributed by atoms with E-state index in [1.165, 1.54) is 35.6 Å². The number of esters is 1. The molecular weight excluding hydrogens is 474 g/mol. The van der Waals surface area contributed by atoms with Crippen molar-refractivity contribution in [3.05, 3.63) is 46.8 Å². The Balaban J connectivity index is 1.45. The van der Waals surface area contributed by atoms with Crippen LogP contribution in [0.4, 0.5) is 5.00 Å². The average molecular weight is 502 g/mol. The lowest BCUT2D eigenvalue weighted by Gasteiger charge is -2.39. The molecule has 1 saturated carbocycles. The topological polar surface area (TPSA) is 117 Å². The first-order valence-corrected chi connectivity index (χ1v) is 13.3. The molecule has 34 heavy (non-hydrogen) atoms. The Labute approximate surface area is 203 Å². The van der Waals surface area contributed by atoms with E-state index in [2.05, 4.69) is 26.1 Å². The summed E-state index contributed by atoms with van der Waals surface area (Å²) in [5.41, 5.74) is 0.394. The van der Waals surface area contributed by atoms with Crippen LogP contribution in [0, 0.1) is 22.2 Å². The normalized spacial score (nSPS) is 23.8. The fraction of sp³-hybridized carbons (Fsp3) is 0.458. The number of carbonyl (C=O) groups excluding carboxylic acids is 2. The second kappa shape index (κ2) is 8.80. The number of carbonyl (C=O) groups is 2. The first kappa shape index (κ1) is 24.4. The van der Waals surface area contributed by atoms with Crippen molar-refractivity contribution in [2.24, 2.45) is 10.8 Å². The zero-order valence-electron chi connectivity index (χ0n) is 19.3. The molecular formula is C24H27N3O5S2. The van der Waals surface area contributed by atoms with Crippen molar-refractivity contribution >= 4 is 38.2 Å². The molecule has 8 nitrogen and oxygen atoms in total. The summed E-state index contributed by atoms with van der Waals surface area (Å²) in [6, 6.07) is 9.22. The summed E-state index contributed by atoms with van der Waals surface area (Å²) in [6.45, 7) is 6.41. The maximum atomic E-state index is 13.5. The van der Waals surface area contributed by atoms with Crippen LogP contribution >= 0.6 is 11.3 Å². The monoisotopic (exact) mass is 501 g/mol. The molecule has 1 N–H and O–H groups in total. The summed E-state index contributed by atoms with van der Waals surface area (Å²) in [7, 11) is -3.79. The Morgan fingerprint density at radius 2 is 2.03 bits per heavy atom. The van der Waals surface area contributed by atoms with Gasteiger partial charge in [0.1, 0.15) is 11.1 Å². The largest absolute Gasteiger partial charge is 0.452 e. The van der Waals surface area contributed by atoms with Crippen LogP contribution in [0.5, 0.6) is 0 Å². The van der Waals surface area contributed by atoms with Crippen molar-refractivity contribution in [3.63, 3.8) is 0 Å². The highest BCUT2D eigenvalue weighted by Crippen LogP contribution is 2.53. The number of nitriles is 1. The third-order valence-corrected chi connectivity index (χ3v) is 9.14. The number of benzene rings is 1. The number of rotatable bonds is 6. The number of nitrogens with zero attached hydrogens (tertiary/aromatic N) is 2. The van der Waals surface area contributed by atoms with E-state index < -0.39 is 28.5 Å². The van der Waals surface area contributed by atoms with Crippen molar-refractivity contribution in [3.8, 4) is 6.07 Å². The molecule has 2 fully saturated rings. The molecule has 0 spiro atoms. The van der Waals surface area contributed by atoms with E-state index in [-0.39, 0.29) is 27.3 Å². The number of hydrogen-bond acceptors (Lipinski definition) is 7.